The van der Waals surface area contributed by atoms with Gasteiger partial charge < -0.3 is 20.3 Å². The predicted octanol–water partition coefficient (Wildman–Crippen LogP) is 4.09. The van der Waals surface area contributed by atoms with Crippen LogP contribution in [0.3, 0.4) is 0 Å². The van der Waals surface area contributed by atoms with Crippen LogP contribution in [0.15, 0.2) is 65.7 Å². The largest absolute Gasteiger partial charge is 0.395 e. The van der Waals surface area contributed by atoms with Gasteiger partial charge in [-0.15, -0.1) is 0 Å². The van der Waals surface area contributed by atoms with Crippen molar-refractivity contribution < 1.29 is 13.9 Å². The van der Waals surface area contributed by atoms with Crippen LogP contribution in [-0.2, 0) is 0 Å². The van der Waals surface area contributed by atoms with Crippen molar-refractivity contribution in [2.45, 2.75) is 18.9 Å². The number of hydrogen-bond acceptors (Lipinski definition) is 5. The van der Waals surface area contributed by atoms with Crippen LogP contribution in [0.5, 0.6) is 0 Å². The van der Waals surface area contributed by atoms with Crippen molar-refractivity contribution in [3.8, 4) is 22.3 Å². The average molecular weight is 477 g/mol. The molecule has 2 aromatic heterocycles. The zero-order valence-electron chi connectivity index (χ0n) is 19.1. The summed E-state index contributed by atoms with van der Waals surface area (Å²) in [7, 11) is 0. The van der Waals surface area contributed by atoms with Gasteiger partial charge in [0.25, 0.3) is 5.56 Å². The predicted molar refractivity (Wildman–Crippen MR) is 133 cm³/mol. The number of aliphatic hydroxyl groups is 1. The number of piperidine rings is 1. The Morgan fingerprint density at radius 2 is 1.80 bits per heavy atom. The third-order valence-electron chi connectivity index (χ3n) is 6.50. The molecule has 1 saturated heterocycles. The molecule has 5 rings (SSSR count). The highest BCUT2D eigenvalue weighted by molar-refractivity contribution is 6.01. The van der Waals surface area contributed by atoms with Crippen LogP contribution < -0.4 is 15.8 Å². The van der Waals surface area contributed by atoms with E-state index in [2.05, 4.69) is 20.2 Å². The van der Waals surface area contributed by atoms with Gasteiger partial charge in [-0.2, -0.15) is 0 Å². The number of nitrogens with one attached hydrogen (secondary N) is 2. The van der Waals surface area contributed by atoms with Crippen LogP contribution in [0.1, 0.15) is 12.8 Å². The molecule has 0 bridgehead atoms. The van der Waals surface area contributed by atoms with Gasteiger partial charge in [0.15, 0.2) is 0 Å². The molecule has 0 atom stereocenters. The number of anilines is 1. The minimum absolute atomic E-state index is 0.0892. The lowest BCUT2D eigenvalue weighted by Crippen LogP contribution is -2.43. The number of pyridine rings is 2. The number of aromatic nitrogens is 2. The number of hydrogen-bond donors (Lipinski definition) is 3. The fraction of sp³-hybridized carbons (Fsp3) is 0.259. The zero-order valence-corrected chi connectivity index (χ0v) is 19.1. The summed E-state index contributed by atoms with van der Waals surface area (Å²) < 4.78 is 28.3. The van der Waals surface area contributed by atoms with Crippen molar-refractivity contribution in [3.05, 3.63) is 82.9 Å². The fourth-order valence-electron chi connectivity index (χ4n) is 4.83. The summed E-state index contributed by atoms with van der Waals surface area (Å²) in [6.45, 7) is 2.09. The Morgan fingerprint density at radius 1 is 1.03 bits per heavy atom. The SMILES string of the molecule is O=c1[nH]cccc1-c1ccc2ncc(-c3cc(F)cc(F)c3)c(N3CCC(NCCO)CC3)c2c1. The van der Waals surface area contributed by atoms with E-state index in [9.17, 15) is 13.6 Å². The van der Waals surface area contributed by atoms with Crippen molar-refractivity contribution in [2.75, 3.05) is 31.1 Å². The molecule has 6 nitrogen and oxygen atoms in total. The van der Waals surface area contributed by atoms with Crippen molar-refractivity contribution in [1.29, 1.82) is 0 Å². The van der Waals surface area contributed by atoms with Crippen LogP contribution in [0.2, 0.25) is 0 Å². The van der Waals surface area contributed by atoms with Crippen LogP contribution >= 0.6 is 0 Å². The van der Waals surface area contributed by atoms with Crippen molar-refractivity contribution in [2.24, 2.45) is 0 Å². The number of benzene rings is 2. The lowest BCUT2D eigenvalue weighted by Gasteiger charge is -2.36. The molecule has 180 valence electrons. The first-order valence-corrected chi connectivity index (χ1v) is 11.7. The first-order chi connectivity index (χ1) is 17.0. The normalized spacial score (nSPS) is 14.5. The minimum atomic E-state index is -0.650. The topological polar surface area (TPSA) is 81.2 Å². The monoisotopic (exact) mass is 476 g/mol. The minimum Gasteiger partial charge on any atom is -0.395 e. The van der Waals surface area contributed by atoms with Gasteiger partial charge in [-0.25, -0.2) is 8.78 Å². The molecule has 0 radical (unpaired) electrons. The molecule has 8 heteroatoms. The van der Waals surface area contributed by atoms with E-state index in [1.165, 1.54) is 12.1 Å². The van der Waals surface area contributed by atoms with Gasteiger partial charge in [-0.1, -0.05) is 6.07 Å². The van der Waals surface area contributed by atoms with E-state index in [-0.39, 0.29) is 12.2 Å². The first kappa shape index (κ1) is 23.1. The van der Waals surface area contributed by atoms with Crippen LogP contribution in [-0.4, -0.2) is 47.4 Å². The molecule has 1 aliphatic rings. The van der Waals surface area contributed by atoms with Gasteiger partial charge in [0.1, 0.15) is 11.6 Å². The molecular formula is C27H26F2N4O2. The second-order valence-electron chi connectivity index (χ2n) is 8.76. The number of aliphatic hydroxyl groups excluding tert-OH is 1. The summed E-state index contributed by atoms with van der Waals surface area (Å²) in [5, 5.41) is 13.3. The maximum atomic E-state index is 14.2. The van der Waals surface area contributed by atoms with E-state index >= 15 is 0 Å². The van der Waals surface area contributed by atoms with Crippen LogP contribution in [0.4, 0.5) is 14.5 Å². The Bertz CT molecular complexity index is 1390. The van der Waals surface area contributed by atoms with E-state index in [1.54, 1.807) is 24.5 Å². The van der Waals surface area contributed by atoms with E-state index in [4.69, 9.17) is 5.11 Å². The Labute approximate surface area is 201 Å². The molecule has 3 heterocycles. The second kappa shape index (κ2) is 9.93. The standard InChI is InChI=1S/C27H26F2N4O2/c28-19-12-18(13-20(29)15-19)24-16-32-25-4-3-17(22-2-1-7-31-27(22)35)14-23(25)26(24)33-9-5-21(6-10-33)30-8-11-34/h1-4,7,12-16,21,30,34H,5-6,8-11H2,(H,31,35). The zero-order chi connectivity index (χ0) is 24.4. The maximum Gasteiger partial charge on any atom is 0.255 e. The number of rotatable bonds is 6. The highest BCUT2D eigenvalue weighted by Gasteiger charge is 2.24. The molecule has 35 heavy (non-hydrogen) atoms. The molecule has 4 aromatic rings. The summed E-state index contributed by atoms with van der Waals surface area (Å²) in [4.78, 5) is 22.0. The van der Waals surface area contributed by atoms with Crippen molar-refractivity contribution >= 4 is 16.6 Å². The van der Waals surface area contributed by atoms with E-state index in [1.807, 2.05) is 18.2 Å². The summed E-state index contributed by atoms with van der Waals surface area (Å²) in [5.41, 5.74) is 3.71. The number of halogens is 2. The third-order valence-corrected chi connectivity index (χ3v) is 6.50. The molecule has 0 unspecified atom stereocenters. The van der Waals surface area contributed by atoms with E-state index in [0.717, 1.165) is 54.2 Å². The van der Waals surface area contributed by atoms with Crippen LogP contribution in [0, 0.1) is 11.6 Å². The molecule has 1 fully saturated rings. The van der Waals surface area contributed by atoms with Crippen molar-refractivity contribution in [1.82, 2.24) is 15.3 Å². The number of aromatic amines is 1. The Balaban J connectivity index is 1.66. The molecule has 0 amide bonds. The summed E-state index contributed by atoms with van der Waals surface area (Å²) in [6, 6.07) is 13.0. The van der Waals surface area contributed by atoms with Crippen LogP contribution in [0.25, 0.3) is 33.2 Å². The van der Waals surface area contributed by atoms with Gasteiger partial charge in [0.2, 0.25) is 0 Å². The van der Waals surface area contributed by atoms with Gasteiger partial charge in [0.05, 0.1) is 17.8 Å². The second-order valence-corrected chi connectivity index (χ2v) is 8.76. The number of fused-ring (bicyclic) bond motifs is 1. The average Bonchev–Trinajstić information content (AvgIpc) is 2.86. The van der Waals surface area contributed by atoms with Gasteiger partial charge in [0, 0.05) is 60.6 Å². The lowest BCUT2D eigenvalue weighted by atomic mass is 9.96. The molecule has 0 aliphatic carbocycles. The maximum absolute atomic E-state index is 14.2. The van der Waals surface area contributed by atoms with E-state index in [0.29, 0.717) is 29.3 Å². The molecular weight excluding hydrogens is 450 g/mol. The van der Waals surface area contributed by atoms with E-state index < -0.39 is 11.6 Å². The lowest BCUT2D eigenvalue weighted by molar-refractivity contribution is 0.277. The molecule has 0 spiro atoms. The molecule has 3 N–H and O–H groups in total. The smallest absolute Gasteiger partial charge is 0.255 e. The summed E-state index contributed by atoms with van der Waals surface area (Å²) in [5.74, 6) is -1.30. The first-order valence-electron chi connectivity index (χ1n) is 11.7. The highest BCUT2D eigenvalue weighted by Crippen LogP contribution is 2.39. The van der Waals surface area contributed by atoms with Crippen molar-refractivity contribution in [3.63, 3.8) is 0 Å². The Morgan fingerprint density at radius 3 is 2.51 bits per heavy atom. The summed E-state index contributed by atoms with van der Waals surface area (Å²) >= 11 is 0. The Kier molecular flexibility index (Phi) is 6.57. The highest BCUT2D eigenvalue weighted by atomic mass is 19.1. The molecule has 2 aromatic carbocycles. The van der Waals surface area contributed by atoms with Gasteiger partial charge in [-0.3, -0.25) is 9.78 Å². The van der Waals surface area contributed by atoms with Gasteiger partial charge in [-0.05, 0) is 60.4 Å². The Hall–Kier alpha value is -3.62. The third kappa shape index (κ3) is 4.80. The fourth-order valence-corrected chi connectivity index (χ4v) is 4.83. The van der Waals surface area contributed by atoms with Gasteiger partial charge >= 0.3 is 0 Å². The molecule has 1 aliphatic heterocycles. The molecule has 0 saturated carbocycles. The number of nitrogens with zero attached hydrogens (tertiary/aromatic N) is 2. The number of H-pyrrole nitrogens is 1. The quantitative estimate of drug-likeness (QED) is 0.391. The summed E-state index contributed by atoms with van der Waals surface area (Å²) in [6.07, 6.45) is 4.97.